The number of rotatable bonds is 9. The van der Waals surface area contributed by atoms with Crippen molar-refractivity contribution in [3.8, 4) is 0 Å². The van der Waals surface area contributed by atoms with Crippen LogP contribution >= 0.6 is 11.3 Å². The zero-order valence-corrected chi connectivity index (χ0v) is 16.3. The smallest absolute Gasteiger partial charge is 0.241 e. The summed E-state index contributed by atoms with van der Waals surface area (Å²) in [6, 6.07) is 14.3. The fourth-order valence-corrected chi connectivity index (χ4v) is 3.25. The van der Waals surface area contributed by atoms with Gasteiger partial charge in [0.15, 0.2) is 5.96 Å². The lowest BCUT2D eigenvalue weighted by Gasteiger charge is -2.15. The number of carbonyl (C=O) groups is 1. The molecule has 0 saturated heterocycles. The van der Waals surface area contributed by atoms with E-state index in [9.17, 15) is 4.79 Å². The second-order valence-electron chi connectivity index (χ2n) is 6.08. The van der Waals surface area contributed by atoms with Gasteiger partial charge in [0.1, 0.15) is 6.54 Å². The van der Waals surface area contributed by atoms with Crippen LogP contribution < -0.4 is 16.0 Å². The Morgan fingerprint density at radius 3 is 2.62 bits per heavy atom. The van der Waals surface area contributed by atoms with Gasteiger partial charge in [-0.25, -0.2) is 4.99 Å². The summed E-state index contributed by atoms with van der Waals surface area (Å²) in [7, 11) is 0. The number of amides is 1. The third kappa shape index (κ3) is 7.27. The molecule has 5 nitrogen and oxygen atoms in total. The molecular weight excluding hydrogens is 344 g/mol. The summed E-state index contributed by atoms with van der Waals surface area (Å²) in [5, 5.41) is 11.5. The lowest BCUT2D eigenvalue weighted by Crippen LogP contribution is -2.40. The number of hydrogen-bond donors (Lipinski definition) is 3. The van der Waals surface area contributed by atoms with Crippen LogP contribution in [-0.4, -0.2) is 38.0 Å². The molecular formula is C20H28N4OS. The monoisotopic (exact) mass is 372 g/mol. The SMILES string of the molecule is CCNC(=NCC(=O)NCCc1ccccc1)NCC(C)c1cccs1. The van der Waals surface area contributed by atoms with Gasteiger partial charge in [0.05, 0.1) is 0 Å². The van der Waals surface area contributed by atoms with Crippen LogP contribution in [0.3, 0.4) is 0 Å². The van der Waals surface area contributed by atoms with E-state index in [0.29, 0.717) is 18.4 Å². The van der Waals surface area contributed by atoms with Crippen molar-refractivity contribution in [2.24, 2.45) is 4.99 Å². The van der Waals surface area contributed by atoms with Gasteiger partial charge in [-0.2, -0.15) is 0 Å². The van der Waals surface area contributed by atoms with Crippen LogP contribution in [0.2, 0.25) is 0 Å². The fraction of sp³-hybridized carbons (Fsp3) is 0.400. The molecule has 0 aliphatic carbocycles. The van der Waals surface area contributed by atoms with Crippen molar-refractivity contribution in [3.63, 3.8) is 0 Å². The second-order valence-corrected chi connectivity index (χ2v) is 7.06. The van der Waals surface area contributed by atoms with Crippen LogP contribution in [0.25, 0.3) is 0 Å². The van der Waals surface area contributed by atoms with Gasteiger partial charge in [0, 0.05) is 30.4 Å². The molecule has 2 rings (SSSR count). The van der Waals surface area contributed by atoms with Crippen molar-refractivity contribution in [1.29, 1.82) is 0 Å². The molecule has 0 spiro atoms. The molecule has 0 bridgehead atoms. The van der Waals surface area contributed by atoms with Crippen molar-refractivity contribution in [2.75, 3.05) is 26.2 Å². The normalized spacial score (nSPS) is 12.5. The Bertz CT molecular complexity index is 670. The standard InChI is InChI=1S/C20H28N4OS/c1-3-21-20(23-14-16(2)18-10-7-13-26-18)24-15-19(25)22-12-11-17-8-5-4-6-9-17/h4-10,13,16H,3,11-12,14-15H2,1-2H3,(H,22,25)(H2,21,23,24). The van der Waals surface area contributed by atoms with E-state index in [4.69, 9.17) is 0 Å². The Labute approximate surface area is 159 Å². The van der Waals surface area contributed by atoms with Crippen LogP contribution in [0.1, 0.15) is 30.2 Å². The Kier molecular flexibility index (Phi) is 8.69. The second kappa shape index (κ2) is 11.3. The summed E-state index contributed by atoms with van der Waals surface area (Å²) in [5.74, 6) is 1.01. The van der Waals surface area contributed by atoms with E-state index in [0.717, 1.165) is 19.5 Å². The van der Waals surface area contributed by atoms with E-state index in [1.807, 2.05) is 25.1 Å². The largest absolute Gasteiger partial charge is 0.357 e. The summed E-state index contributed by atoms with van der Waals surface area (Å²) in [5.41, 5.74) is 1.22. The number of guanidine groups is 1. The maximum absolute atomic E-state index is 12.0. The minimum atomic E-state index is -0.0653. The maximum Gasteiger partial charge on any atom is 0.241 e. The van der Waals surface area contributed by atoms with Crippen LogP contribution in [0.5, 0.6) is 0 Å². The predicted molar refractivity (Wildman–Crippen MR) is 110 cm³/mol. The topological polar surface area (TPSA) is 65.5 Å². The molecule has 3 N–H and O–H groups in total. The Balaban J connectivity index is 1.73. The van der Waals surface area contributed by atoms with Gasteiger partial charge in [0.2, 0.25) is 5.91 Å². The van der Waals surface area contributed by atoms with Gasteiger partial charge in [0.25, 0.3) is 0 Å². The minimum absolute atomic E-state index is 0.0653. The number of thiophene rings is 1. The highest BCUT2D eigenvalue weighted by Gasteiger charge is 2.08. The fourth-order valence-electron chi connectivity index (χ4n) is 2.46. The van der Waals surface area contributed by atoms with Crippen molar-refractivity contribution >= 4 is 23.2 Å². The lowest BCUT2D eigenvalue weighted by atomic mass is 10.1. The maximum atomic E-state index is 12.0. The number of hydrogen-bond acceptors (Lipinski definition) is 3. The summed E-state index contributed by atoms with van der Waals surface area (Å²) >= 11 is 1.76. The first-order valence-electron chi connectivity index (χ1n) is 9.05. The molecule has 0 aliphatic heterocycles. The van der Waals surface area contributed by atoms with E-state index >= 15 is 0 Å². The van der Waals surface area contributed by atoms with Crippen LogP contribution in [0.15, 0.2) is 52.8 Å². The number of nitrogens with zero attached hydrogens (tertiary/aromatic N) is 1. The van der Waals surface area contributed by atoms with Gasteiger partial charge in [-0.15, -0.1) is 11.3 Å². The van der Waals surface area contributed by atoms with E-state index in [1.54, 1.807) is 11.3 Å². The lowest BCUT2D eigenvalue weighted by molar-refractivity contribution is -0.119. The van der Waals surface area contributed by atoms with E-state index < -0.39 is 0 Å². The molecule has 1 amide bonds. The third-order valence-corrected chi connectivity index (χ3v) is 5.01. The molecule has 1 unspecified atom stereocenters. The molecule has 1 aromatic heterocycles. The van der Waals surface area contributed by atoms with Gasteiger partial charge >= 0.3 is 0 Å². The molecule has 1 aromatic carbocycles. The zero-order valence-electron chi connectivity index (χ0n) is 15.5. The molecule has 0 fully saturated rings. The number of aliphatic imine (C=N–C) groups is 1. The average Bonchev–Trinajstić information content (AvgIpc) is 3.19. The predicted octanol–water partition coefficient (Wildman–Crippen LogP) is 2.77. The van der Waals surface area contributed by atoms with E-state index in [1.165, 1.54) is 10.4 Å². The average molecular weight is 373 g/mol. The molecule has 140 valence electrons. The quantitative estimate of drug-likeness (QED) is 0.468. The first kappa shape index (κ1) is 20.0. The van der Waals surface area contributed by atoms with Crippen molar-refractivity contribution in [3.05, 3.63) is 58.3 Å². The molecule has 0 saturated carbocycles. The Hall–Kier alpha value is -2.34. The highest BCUT2D eigenvalue weighted by Crippen LogP contribution is 2.19. The Morgan fingerprint density at radius 2 is 1.92 bits per heavy atom. The van der Waals surface area contributed by atoms with Gasteiger partial charge in [-0.05, 0) is 30.4 Å². The van der Waals surface area contributed by atoms with Crippen LogP contribution in [-0.2, 0) is 11.2 Å². The number of carbonyl (C=O) groups excluding carboxylic acids is 1. The molecule has 26 heavy (non-hydrogen) atoms. The van der Waals surface area contributed by atoms with Crippen molar-refractivity contribution in [1.82, 2.24) is 16.0 Å². The number of nitrogens with one attached hydrogen (secondary N) is 3. The minimum Gasteiger partial charge on any atom is -0.357 e. The summed E-state index contributed by atoms with van der Waals surface area (Å²) < 4.78 is 0. The van der Waals surface area contributed by atoms with Gasteiger partial charge < -0.3 is 16.0 Å². The number of benzene rings is 1. The molecule has 0 aliphatic rings. The van der Waals surface area contributed by atoms with Gasteiger partial charge in [-0.1, -0.05) is 43.3 Å². The molecule has 0 radical (unpaired) electrons. The molecule has 1 heterocycles. The van der Waals surface area contributed by atoms with Crippen LogP contribution in [0.4, 0.5) is 0 Å². The van der Waals surface area contributed by atoms with E-state index in [-0.39, 0.29) is 12.5 Å². The van der Waals surface area contributed by atoms with E-state index in [2.05, 4.69) is 57.5 Å². The highest BCUT2D eigenvalue weighted by molar-refractivity contribution is 7.10. The van der Waals surface area contributed by atoms with Crippen molar-refractivity contribution < 1.29 is 4.79 Å². The first-order valence-corrected chi connectivity index (χ1v) is 9.93. The summed E-state index contributed by atoms with van der Waals surface area (Å²) in [6.07, 6.45) is 0.826. The molecule has 2 aromatic rings. The van der Waals surface area contributed by atoms with Crippen LogP contribution in [0, 0.1) is 0 Å². The third-order valence-electron chi connectivity index (χ3n) is 3.91. The first-order chi connectivity index (χ1) is 12.7. The summed E-state index contributed by atoms with van der Waals surface area (Å²) in [6.45, 7) is 6.48. The summed E-state index contributed by atoms with van der Waals surface area (Å²) in [4.78, 5) is 17.7. The zero-order chi connectivity index (χ0) is 18.6. The molecule has 1 atom stereocenters. The highest BCUT2D eigenvalue weighted by atomic mass is 32.1. The molecule has 6 heteroatoms. The Morgan fingerprint density at radius 1 is 1.12 bits per heavy atom. The van der Waals surface area contributed by atoms with Gasteiger partial charge in [-0.3, -0.25) is 4.79 Å². The van der Waals surface area contributed by atoms with Crippen molar-refractivity contribution in [2.45, 2.75) is 26.2 Å².